The van der Waals surface area contributed by atoms with Crippen molar-refractivity contribution in [2.45, 2.75) is 13.8 Å². The van der Waals surface area contributed by atoms with Crippen molar-refractivity contribution >= 4 is 33.1 Å². The van der Waals surface area contributed by atoms with Gasteiger partial charge in [0.2, 0.25) is 0 Å². The molecule has 88 valence electrons. The lowest BCUT2D eigenvalue weighted by Crippen LogP contribution is -2.01. The summed E-state index contributed by atoms with van der Waals surface area (Å²) in [5, 5.41) is 3.24. The van der Waals surface area contributed by atoms with E-state index in [1.165, 1.54) is 5.56 Å². The first-order valence-corrected chi connectivity index (χ1v) is 6.12. The standard InChI is InChI=1S/C13H14BrN3/c1-8-4-3-5-10(11(8)14)17-13-12(15)9(2)6-7-16-13/h3-7H,15H2,1-2H3,(H,16,17). The van der Waals surface area contributed by atoms with Crippen molar-refractivity contribution in [1.29, 1.82) is 0 Å². The van der Waals surface area contributed by atoms with E-state index in [4.69, 9.17) is 5.73 Å². The summed E-state index contributed by atoms with van der Waals surface area (Å²) >= 11 is 3.55. The highest BCUT2D eigenvalue weighted by Crippen LogP contribution is 2.30. The van der Waals surface area contributed by atoms with Gasteiger partial charge in [0.25, 0.3) is 0 Å². The van der Waals surface area contributed by atoms with Gasteiger partial charge in [-0.3, -0.25) is 0 Å². The van der Waals surface area contributed by atoms with E-state index in [1.807, 2.05) is 38.1 Å². The molecule has 0 bridgehead atoms. The summed E-state index contributed by atoms with van der Waals surface area (Å²) in [6.45, 7) is 4.01. The van der Waals surface area contributed by atoms with E-state index in [2.05, 4.69) is 26.2 Å². The highest BCUT2D eigenvalue weighted by Gasteiger charge is 2.06. The Morgan fingerprint density at radius 3 is 2.71 bits per heavy atom. The van der Waals surface area contributed by atoms with Gasteiger partial charge in [0.15, 0.2) is 5.82 Å². The van der Waals surface area contributed by atoms with Crippen LogP contribution in [0.2, 0.25) is 0 Å². The fourth-order valence-corrected chi connectivity index (χ4v) is 1.90. The highest BCUT2D eigenvalue weighted by atomic mass is 79.9. The van der Waals surface area contributed by atoms with Gasteiger partial charge in [0, 0.05) is 10.7 Å². The first-order valence-electron chi connectivity index (χ1n) is 5.33. The Labute approximate surface area is 109 Å². The molecule has 3 nitrogen and oxygen atoms in total. The fraction of sp³-hybridized carbons (Fsp3) is 0.154. The van der Waals surface area contributed by atoms with Gasteiger partial charge in [0.1, 0.15) is 0 Å². The first-order chi connectivity index (χ1) is 8.09. The third kappa shape index (κ3) is 2.42. The highest BCUT2D eigenvalue weighted by molar-refractivity contribution is 9.10. The largest absolute Gasteiger partial charge is 0.396 e. The average molecular weight is 292 g/mol. The first kappa shape index (κ1) is 11.9. The van der Waals surface area contributed by atoms with E-state index in [0.29, 0.717) is 11.5 Å². The van der Waals surface area contributed by atoms with Crippen LogP contribution in [-0.2, 0) is 0 Å². The molecule has 0 fully saturated rings. The van der Waals surface area contributed by atoms with E-state index >= 15 is 0 Å². The minimum absolute atomic E-state index is 0.681. The van der Waals surface area contributed by atoms with Crippen molar-refractivity contribution in [2.75, 3.05) is 11.1 Å². The molecule has 2 rings (SSSR count). The van der Waals surface area contributed by atoms with Crippen LogP contribution in [0.25, 0.3) is 0 Å². The van der Waals surface area contributed by atoms with Crippen molar-refractivity contribution in [1.82, 2.24) is 4.98 Å². The van der Waals surface area contributed by atoms with Gasteiger partial charge < -0.3 is 11.1 Å². The molecule has 0 saturated heterocycles. The maximum atomic E-state index is 5.98. The summed E-state index contributed by atoms with van der Waals surface area (Å²) in [6, 6.07) is 7.92. The Balaban J connectivity index is 2.38. The summed E-state index contributed by atoms with van der Waals surface area (Å²) in [6.07, 6.45) is 1.75. The molecule has 1 aromatic heterocycles. The number of hydrogen-bond donors (Lipinski definition) is 2. The molecule has 2 aromatic rings. The fourth-order valence-electron chi connectivity index (χ4n) is 1.54. The zero-order chi connectivity index (χ0) is 12.4. The Bertz CT molecular complexity index is 503. The number of aryl methyl sites for hydroxylation is 2. The van der Waals surface area contributed by atoms with Crippen LogP contribution in [-0.4, -0.2) is 4.98 Å². The molecule has 0 aliphatic rings. The second-order valence-corrected chi connectivity index (χ2v) is 4.74. The molecule has 3 N–H and O–H groups in total. The monoisotopic (exact) mass is 291 g/mol. The van der Waals surface area contributed by atoms with Crippen LogP contribution in [0.5, 0.6) is 0 Å². The Morgan fingerprint density at radius 1 is 1.18 bits per heavy atom. The maximum absolute atomic E-state index is 5.98. The van der Waals surface area contributed by atoms with Gasteiger partial charge in [-0.1, -0.05) is 12.1 Å². The van der Waals surface area contributed by atoms with E-state index < -0.39 is 0 Å². The predicted molar refractivity (Wildman–Crippen MR) is 75.5 cm³/mol. The quantitative estimate of drug-likeness (QED) is 0.885. The van der Waals surface area contributed by atoms with Gasteiger partial charge in [0.05, 0.1) is 11.4 Å². The third-order valence-corrected chi connectivity index (χ3v) is 3.71. The predicted octanol–water partition coefficient (Wildman–Crippen LogP) is 3.79. The Morgan fingerprint density at radius 2 is 1.94 bits per heavy atom. The number of rotatable bonds is 2. The van der Waals surface area contributed by atoms with Crippen LogP contribution in [0.4, 0.5) is 17.2 Å². The number of nitrogens with two attached hydrogens (primary N) is 1. The Kier molecular flexibility index (Phi) is 3.33. The molecule has 0 atom stereocenters. The number of aromatic nitrogens is 1. The molecule has 17 heavy (non-hydrogen) atoms. The lowest BCUT2D eigenvalue weighted by molar-refractivity contribution is 1.27. The van der Waals surface area contributed by atoms with E-state index in [1.54, 1.807) is 6.20 Å². The van der Waals surface area contributed by atoms with Gasteiger partial charge >= 0.3 is 0 Å². The van der Waals surface area contributed by atoms with Gasteiger partial charge in [-0.05, 0) is 53.0 Å². The minimum Gasteiger partial charge on any atom is -0.396 e. The van der Waals surface area contributed by atoms with Crippen molar-refractivity contribution in [3.05, 3.63) is 46.1 Å². The number of hydrogen-bond acceptors (Lipinski definition) is 3. The SMILES string of the molecule is Cc1ccnc(Nc2cccc(C)c2Br)c1N. The second-order valence-electron chi connectivity index (χ2n) is 3.95. The van der Waals surface area contributed by atoms with E-state index in [-0.39, 0.29) is 0 Å². The molecular weight excluding hydrogens is 278 g/mol. The number of halogens is 1. The van der Waals surface area contributed by atoms with Crippen LogP contribution >= 0.6 is 15.9 Å². The average Bonchev–Trinajstić information content (AvgIpc) is 2.31. The summed E-state index contributed by atoms with van der Waals surface area (Å²) in [5.74, 6) is 0.691. The van der Waals surface area contributed by atoms with Gasteiger partial charge in [-0.25, -0.2) is 4.98 Å². The molecule has 0 aliphatic heterocycles. The number of nitrogens with one attached hydrogen (secondary N) is 1. The van der Waals surface area contributed by atoms with Crippen molar-refractivity contribution in [3.8, 4) is 0 Å². The summed E-state index contributed by atoms with van der Waals surface area (Å²) < 4.78 is 1.03. The number of nitrogens with zero attached hydrogens (tertiary/aromatic N) is 1. The smallest absolute Gasteiger partial charge is 0.153 e. The number of pyridine rings is 1. The van der Waals surface area contributed by atoms with Crippen molar-refractivity contribution in [2.24, 2.45) is 0 Å². The summed E-state index contributed by atoms with van der Waals surface area (Å²) in [4.78, 5) is 4.25. The molecule has 0 radical (unpaired) electrons. The van der Waals surface area contributed by atoms with Crippen LogP contribution in [0.1, 0.15) is 11.1 Å². The maximum Gasteiger partial charge on any atom is 0.153 e. The van der Waals surface area contributed by atoms with Gasteiger partial charge in [-0.15, -0.1) is 0 Å². The molecule has 0 spiro atoms. The lowest BCUT2D eigenvalue weighted by Gasteiger charge is -2.12. The summed E-state index contributed by atoms with van der Waals surface area (Å²) in [7, 11) is 0. The summed E-state index contributed by atoms with van der Waals surface area (Å²) in [5.41, 5.74) is 9.81. The molecule has 0 amide bonds. The van der Waals surface area contributed by atoms with Crippen molar-refractivity contribution < 1.29 is 0 Å². The number of benzene rings is 1. The number of anilines is 3. The molecule has 0 saturated carbocycles. The minimum atomic E-state index is 0.681. The zero-order valence-electron chi connectivity index (χ0n) is 9.79. The topological polar surface area (TPSA) is 50.9 Å². The molecule has 1 heterocycles. The van der Waals surface area contributed by atoms with Gasteiger partial charge in [-0.2, -0.15) is 0 Å². The molecule has 4 heteroatoms. The third-order valence-electron chi connectivity index (χ3n) is 2.65. The van der Waals surface area contributed by atoms with E-state index in [0.717, 1.165) is 15.7 Å². The van der Waals surface area contributed by atoms with Crippen molar-refractivity contribution in [3.63, 3.8) is 0 Å². The number of nitrogen functional groups attached to an aromatic ring is 1. The molecule has 0 aliphatic carbocycles. The lowest BCUT2D eigenvalue weighted by atomic mass is 10.2. The Hall–Kier alpha value is -1.55. The van der Waals surface area contributed by atoms with Crippen LogP contribution in [0.3, 0.4) is 0 Å². The normalized spacial score (nSPS) is 10.3. The van der Waals surface area contributed by atoms with Crippen LogP contribution < -0.4 is 11.1 Å². The van der Waals surface area contributed by atoms with Crippen LogP contribution in [0.15, 0.2) is 34.9 Å². The second kappa shape index (κ2) is 4.75. The van der Waals surface area contributed by atoms with Crippen LogP contribution in [0, 0.1) is 13.8 Å². The molecular formula is C13H14BrN3. The molecule has 0 unspecified atom stereocenters. The zero-order valence-corrected chi connectivity index (χ0v) is 11.4. The van der Waals surface area contributed by atoms with E-state index in [9.17, 15) is 0 Å². The molecule has 1 aromatic carbocycles.